The van der Waals surface area contributed by atoms with E-state index in [9.17, 15) is 4.79 Å². The first-order chi connectivity index (χ1) is 18.2. The molecule has 0 unspecified atom stereocenters. The molecule has 1 aromatic carbocycles. The van der Waals surface area contributed by atoms with Gasteiger partial charge in [0.25, 0.3) is 5.91 Å². The number of anilines is 1. The topological polar surface area (TPSA) is 109 Å². The number of methoxy groups -OCH3 is 2. The average Bonchev–Trinajstić information content (AvgIpc) is 3.48. The van der Waals surface area contributed by atoms with Crippen LogP contribution in [-0.4, -0.2) is 54.5 Å². The zero-order valence-electron chi connectivity index (χ0n) is 23.1. The van der Waals surface area contributed by atoms with Crippen LogP contribution in [0.2, 0.25) is 0 Å². The monoisotopic (exact) mass is 520 g/mol. The predicted molar refractivity (Wildman–Crippen MR) is 147 cm³/mol. The zero-order valence-corrected chi connectivity index (χ0v) is 23.1. The summed E-state index contributed by atoms with van der Waals surface area (Å²) in [6.45, 7) is 6.02. The van der Waals surface area contributed by atoms with Crippen molar-refractivity contribution in [1.82, 2.24) is 9.97 Å². The van der Waals surface area contributed by atoms with E-state index in [2.05, 4.69) is 35.2 Å². The SMILES string of the molecule is CC1(C)CC=C(c2ccccc2NC(=O)c2ncc(C#N)[nH]2)CC1.COC[C@]12CCC[C@](COC)(CC1)O2. The molecule has 0 radical (unpaired) electrons. The van der Waals surface area contributed by atoms with E-state index in [-0.39, 0.29) is 28.6 Å². The van der Waals surface area contributed by atoms with Crippen LogP contribution in [-0.2, 0) is 14.2 Å². The van der Waals surface area contributed by atoms with Gasteiger partial charge in [-0.15, -0.1) is 0 Å². The van der Waals surface area contributed by atoms with Crippen molar-refractivity contribution in [1.29, 1.82) is 5.26 Å². The molecule has 1 amide bonds. The molecular weight excluding hydrogens is 480 g/mol. The molecule has 2 fully saturated rings. The van der Waals surface area contributed by atoms with Gasteiger partial charge in [-0.25, -0.2) is 4.98 Å². The second kappa shape index (κ2) is 11.8. The van der Waals surface area contributed by atoms with Gasteiger partial charge in [-0.1, -0.05) is 38.1 Å². The number of fused-ring (bicyclic) bond motifs is 2. The number of amides is 1. The number of nitriles is 1. The quantitative estimate of drug-likeness (QED) is 0.472. The summed E-state index contributed by atoms with van der Waals surface area (Å²) in [7, 11) is 3.51. The lowest BCUT2D eigenvalue weighted by Gasteiger charge is -2.39. The van der Waals surface area contributed by atoms with E-state index in [1.165, 1.54) is 18.2 Å². The molecule has 2 N–H and O–H groups in total. The molecule has 0 saturated carbocycles. The maximum absolute atomic E-state index is 12.3. The van der Waals surface area contributed by atoms with E-state index >= 15 is 0 Å². The minimum absolute atomic E-state index is 0.00549. The fourth-order valence-electron chi connectivity index (χ4n) is 5.84. The number of hydrogen-bond acceptors (Lipinski definition) is 6. The van der Waals surface area contributed by atoms with Crippen molar-refractivity contribution in [3.05, 3.63) is 53.6 Å². The van der Waals surface area contributed by atoms with Crippen LogP contribution in [0, 0.1) is 16.7 Å². The molecule has 1 aliphatic carbocycles. The van der Waals surface area contributed by atoms with Gasteiger partial charge >= 0.3 is 0 Å². The van der Waals surface area contributed by atoms with Gasteiger partial charge in [-0.3, -0.25) is 4.79 Å². The van der Waals surface area contributed by atoms with Crippen LogP contribution in [0.3, 0.4) is 0 Å². The Hall–Kier alpha value is -2.99. The highest BCUT2D eigenvalue weighted by Crippen LogP contribution is 2.48. The molecule has 8 heteroatoms. The van der Waals surface area contributed by atoms with Crippen LogP contribution in [0.4, 0.5) is 5.69 Å². The molecular formula is C30H40N4O4. The number of imidazole rings is 1. The Labute approximate surface area is 225 Å². The molecule has 38 heavy (non-hydrogen) atoms. The Morgan fingerprint density at radius 1 is 1.11 bits per heavy atom. The molecule has 3 heterocycles. The molecule has 1 aromatic heterocycles. The number of allylic oxidation sites excluding steroid dienone is 2. The Bertz CT molecular complexity index is 1170. The number of nitrogens with zero attached hydrogens (tertiary/aromatic N) is 2. The molecule has 2 atom stereocenters. The lowest BCUT2D eigenvalue weighted by atomic mass is 9.77. The maximum Gasteiger partial charge on any atom is 0.291 e. The van der Waals surface area contributed by atoms with E-state index in [1.807, 2.05) is 30.3 Å². The number of H-pyrrole nitrogens is 1. The Morgan fingerprint density at radius 3 is 2.37 bits per heavy atom. The molecule has 8 nitrogen and oxygen atoms in total. The Kier molecular flexibility index (Phi) is 8.71. The number of carbonyl (C=O) groups is 1. The van der Waals surface area contributed by atoms with Gasteiger partial charge < -0.3 is 24.5 Å². The maximum atomic E-state index is 12.3. The summed E-state index contributed by atoms with van der Waals surface area (Å²) in [5.41, 5.74) is 3.70. The van der Waals surface area contributed by atoms with E-state index in [4.69, 9.17) is 19.5 Å². The fraction of sp³-hybridized carbons (Fsp3) is 0.567. The van der Waals surface area contributed by atoms with Crippen molar-refractivity contribution in [2.24, 2.45) is 5.41 Å². The van der Waals surface area contributed by atoms with E-state index in [1.54, 1.807) is 14.2 Å². The molecule has 204 valence electrons. The molecule has 2 saturated heterocycles. The van der Waals surface area contributed by atoms with Crippen LogP contribution >= 0.6 is 0 Å². The fourth-order valence-corrected chi connectivity index (χ4v) is 5.84. The first kappa shape index (κ1) is 28.0. The summed E-state index contributed by atoms with van der Waals surface area (Å²) < 4.78 is 16.7. The summed E-state index contributed by atoms with van der Waals surface area (Å²) in [6.07, 6.45) is 12.6. The van der Waals surface area contributed by atoms with Gasteiger partial charge in [0, 0.05) is 25.5 Å². The highest BCUT2D eigenvalue weighted by Gasteiger charge is 2.52. The number of ether oxygens (including phenoxy) is 3. The second-order valence-corrected chi connectivity index (χ2v) is 11.5. The number of hydrogen-bond donors (Lipinski definition) is 2. The van der Waals surface area contributed by atoms with Gasteiger partial charge in [-0.05, 0) is 68.4 Å². The number of benzene rings is 1. The average molecular weight is 521 g/mol. The van der Waals surface area contributed by atoms with Crippen LogP contribution in [0.15, 0.2) is 36.5 Å². The number of rotatable bonds is 7. The van der Waals surface area contributed by atoms with Crippen LogP contribution < -0.4 is 5.32 Å². The normalized spacial score (nSPS) is 25.5. The largest absolute Gasteiger partial charge is 0.382 e. The van der Waals surface area contributed by atoms with Gasteiger partial charge in [0.15, 0.2) is 5.82 Å². The summed E-state index contributed by atoms with van der Waals surface area (Å²) in [4.78, 5) is 19.0. The summed E-state index contributed by atoms with van der Waals surface area (Å²) >= 11 is 0. The molecule has 2 aliphatic heterocycles. The smallest absolute Gasteiger partial charge is 0.291 e. The van der Waals surface area contributed by atoms with Gasteiger partial charge in [0.05, 0.1) is 30.6 Å². The number of aromatic amines is 1. The van der Waals surface area contributed by atoms with Crippen LogP contribution in [0.1, 0.15) is 87.1 Å². The first-order valence-electron chi connectivity index (χ1n) is 13.5. The predicted octanol–water partition coefficient (Wildman–Crippen LogP) is 5.88. The van der Waals surface area contributed by atoms with E-state index < -0.39 is 0 Å². The second-order valence-electron chi connectivity index (χ2n) is 11.5. The van der Waals surface area contributed by atoms with Crippen LogP contribution in [0.25, 0.3) is 5.57 Å². The van der Waals surface area contributed by atoms with Crippen LogP contribution in [0.5, 0.6) is 0 Å². The van der Waals surface area contributed by atoms with Crippen molar-refractivity contribution in [2.45, 2.75) is 76.4 Å². The van der Waals surface area contributed by atoms with Crippen molar-refractivity contribution in [3.63, 3.8) is 0 Å². The third-order valence-electron chi connectivity index (χ3n) is 7.95. The third kappa shape index (κ3) is 6.52. The van der Waals surface area contributed by atoms with Crippen molar-refractivity contribution < 1.29 is 19.0 Å². The van der Waals surface area contributed by atoms with E-state index in [0.29, 0.717) is 5.41 Å². The van der Waals surface area contributed by atoms with Crippen molar-refractivity contribution >= 4 is 17.2 Å². The molecule has 2 bridgehead atoms. The summed E-state index contributed by atoms with van der Waals surface area (Å²) in [6, 6.07) is 9.73. The highest BCUT2D eigenvalue weighted by molar-refractivity contribution is 6.03. The first-order valence-corrected chi connectivity index (χ1v) is 13.5. The summed E-state index contributed by atoms with van der Waals surface area (Å²) in [5.74, 6) is -0.208. The number of nitrogens with one attached hydrogen (secondary N) is 2. The minimum Gasteiger partial charge on any atom is -0.382 e. The van der Waals surface area contributed by atoms with E-state index in [0.717, 1.165) is 69.4 Å². The standard InChI is InChI=1S/C19H20N4O.C11H20O3/c1-19(2)9-7-13(8-10-19)15-5-3-4-6-16(15)23-18(24)17-21-12-14(11-20)22-17;1-12-8-10-4-3-5-11(14-10,7-6-10)9-13-2/h3-7,12H,8-10H2,1-2H3,(H,21,22)(H,23,24);3-9H2,1-2H3/t;10-,11+. The number of para-hydroxylation sites is 1. The van der Waals surface area contributed by atoms with Crippen molar-refractivity contribution in [3.8, 4) is 6.07 Å². The lowest BCUT2D eigenvalue weighted by molar-refractivity contribution is -0.178. The molecule has 0 spiro atoms. The minimum atomic E-state index is -0.347. The third-order valence-corrected chi connectivity index (χ3v) is 7.95. The molecule has 5 rings (SSSR count). The summed E-state index contributed by atoms with van der Waals surface area (Å²) in [5, 5.41) is 11.7. The number of carbonyl (C=O) groups excluding carboxylic acids is 1. The zero-order chi connectivity index (χ0) is 27.2. The highest BCUT2D eigenvalue weighted by atomic mass is 16.6. The Balaban J connectivity index is 0.000000204. The number of aromatic nitrogens is 2. The van der Waals surface area contributed by atoms with Crippen molar-refractivity contribution in [2.75, 3.05) is 32.8 Å². The lowest BCUT2D eigenvalue weighted by Crippen LogP contribution is -2.45. The Morgan fingerprint density at radius 2 is 1.79 bits per heavy atom. The van der Waals surface area contributed by atoms with Gasteiger partial charge in [-0.2, -0.15) is 5.26 Å². The van der Waals surface area contributed by atoms with Gasteiger partial charge in [0.2, 0.25) is 0 Å². The molecule has 3 aliphatic rings. The van der Waals surface area contributed by atoms with Gasteiger partial charge in [0.1, 0.15) is 11.8 Å². The molecule has 2 aromatic rings.